The molecule has 3 aromatic heterocycles. The molecule has 5 rings (SSSR count). The summed E-state index contributed by atoms with van der Waals surface area (Å²) >= 11 is 0. The molecule has 27 heavy (non-hydrogen) atoms. The summed E-state index contributed by atoms with van der Waals surface area (Å²) < 4.78 is 1.59. The highest BCUT2D eigenvalue weighted by atomic mass is 16.2. The molecule has 1 aliphatic rings. The zero-order valence-electron chi connectivity index (χ0n) is 14.3. The number of aromatic nitrogens is 4. The predicted molar refractivity (Wildman–Crippen MR) is 99.0 cm³/mol. The van der Waals surface area contributed by atoms with Crippen LogP contribution in [0.25, 0.3) is 16.9 Å². The quantitative estimate of drug-likeness (QED) is 0.517. The van der Waals surface area contributed by atoms with Gasteiger partial charge in [-0.1, -0.05) is 24.3 Å². The van der Waals surface area contributed by atoms with Gasteiger partial charge in [0.2, 0.25) is 0 Å². The van der Waals surface area contributed by atoms with Crippen molar-refractivity contribution < 1.29 is 9.59 Å². The lowest BCUT2D eigenvalue weighted by molar-refractivity contribution is 0.0926. The Labute approximate surface area is 153 Å². The normalized spacial score (nSPS) is 13.4. The Hall–Kier alpha value is -3.87. The largest absolute Gasteiger partial charge is 0.268 e. The van der Waals surface area contributed by atoms with Gasteiger partial charge in [0.25, 0.3) is 11.8 Å². The van der Waals surface area contributed by atoms with Gasteiger partial charge in [0.1, 0.15) is 0 Å². The Bertz CT molecular complexity index is 1220. The van der Waals surface area contributed by atoms with Crippen molar-refractivity contribution in [2.24, 2.45) is 0 Å². The summed E-state index contributed by atoms with van der Waals surface area (Å²) in [5, 5.41) is 5.08. The van der Waals surface area contributed by atoms with Crippen LogP contribution in [0, 0.1) is 6.92 Å². The van der Waals surface area contributed by atoms with Crippen molar-refractivity contribution in [3.8, 4) is 5.82 Å². The molecule has 0 saturated heterocycles. The Kier molecular flexibility index (Phi) is 3.17. The van der Waals surface area contributed by atoms with Gasteiger partial charge in [-0.05, 0) is 31.2 Å². The fourth-order valence-electron chi connectivity index (χ4n) is 3.41. The van der Waals surface area contributed by atoms with Gasteiger partial charge in [-0.3, -0.25) is 9.59 Å². The molecule has 0 saturated carbocycles. The number of rotatable bonds is 2. The maximum Gasteiger partial charge on any atom is 0.267 e. The van der Waals surface area contributed by atoms with Crippen molar-refractivity contribution in [2.45, 2.75) is 6.92 Å². The van der Waals surface area contributed by atoms with Gasteiger partial charge < -0.3 is 0 Å². The molecule has 0 unspecified atom stereocenters. The van der Waals surface area contributed by atoms with E-state index in [1.54, 1.807) is 42.1 Å². The van der Waals surface area contributed by atoms with Crippen LogP contribution in [0.15, 0.2) is 60.9 Å². The Morgan fingerprint density at radius 2 is 1.67 bits per heavy atom. The molecule has 4 heterocycles. The van der Waals surface area contributed by atoms with E-state index in [-0.39, 0.29) is 11.8 Å². The summed E-state index contributed by atoms with van der Waals surface area (Å²) in [5.41, 5.74) is 2.29. The molecule has 0 fully saturated rings. The second-order valence-electron chi connectivity index (χ2n) is 6.21. The summed E-state index contributed by atoms with van der Waals surface area (Å²) in [7, 11) is 0. The summed E-state index contributed by atoms with van der Waals surface area (Å²) in [6.07, 6.45) is 3.11. The van der Waals surface area contributed by atoms with Crippen molar-refractivity contribution in [1.29, 1.82) is 0 Å². The lowest BCUT2D eigenvalue weighted by Crippen LogP contribution is -2.29. The van der Waals surface area contributed by atoms with Gasteiger partial charge in [-0.25, -0.2) is 14.9 Å². The zero-order chi connectivity index (χ0) is 18.5. The van der Waals surface area contributed by atoms with Crippen molar-refractivity contribution >= 4 is 28.5 Å². The molecule has 7 nitrogen and oxygen atoms in total. The average Bonchev–Trinajstić information content (AvgIpc) is 3.17. The summed E-state index contributed by atoms with van der Waals surface area (Å²) in [4.78, 5) is 35.9. The van der Waals surface area contributed by atoms with Gasteiger partial charge in [-0.2, -0.15) is 9.78 Å². The average molecular weight is 355 g/mol. The first-order chi connectivity index (χ1) is 13.2. The fraction of sp³-hybridized carbons (Fsp3) is 0.0500. The third-order valence-corrected chi connectivity index (χ3v) is 4.60. The third-order valence-electron chi connectivity index (χ3n) is 4.60. The standard InChI is InChI=1S/C20H13N5O2/c1-12-16-17-14(19(26)24(20(17)27)13-7-3-2-4-8-13)11-22-18(16)25(23-12)15-9-5-6-10-21-15/h2-11H,1H3. The number of pyridine rings is 2. The summed E-state index contributed by atoms with van der Waals surface area (Å²) in [6.45, 7) is 1.80. The van der Waals surface area contributed by atoms with E-state index >= 15 is 0 Å². The number of imide groups is 1. The van der Waals surface area contributed by atoms with E-state index in [0.29, 0.717) is 39.4 Å². The third kappa shape index (κ3) is 2.11. The van der Waals surface area contributed by atoms with E-state index in [9.17, 15) is 9.59 Å². The predicted octanol–water partition coefficient (Wildman–Crippen LogP) is 2.92. The first-order valence-electron chi connectivity index (χ1n) is 8.40. The molecule has 0 bridgehead atoms. The van der Waals surface area contributed by atoms with Crippen molar-refractivity contribution in [1.82, 2.24) is 19.7 Å². The lowest BCUT2D eigenvalue weighted by Gasteiger charge is -2.13. The second-order valence-corrected chi connectivity index (χ2v) is 6.21. The van der Waals surface area contributed by atoms with Crippen LogP contribution in [0.4, 0.5) is 5.69 Å². The highest BCUT2D eigenvalue weighted by molar-refractivity contribution is 6.37. The van der Waals surface area contributed by atoms with Crippen LogP contribution in [0.2, 0.25) is 0 Å². The van der Waals surface area contributed by atoms with Gasteiger partial charge in [-0.15, -0.1) is 0 Å². The van der Waals surface area contributed by atoms with Crippen molar-refractivity contribution in [2.75, 3.05) is 4.90 Å². The molecule has 130 valence electrons. The number of nitrogens with zero attached hydrogens (tertiary/aromatic N) is 5. The smallest absolute Gasteiger partial charge is 0.267 e. The van der Waals surface area contributed by atoms with Crippen LogP contribution in [0.5, 0.6) is 0 Å². The van der Waals surface area contributed by atoms with E-state index in [1.165, 1.54) is 11.1 Å². The van der Waals surface area contributed by atoms with Gasteiger partial charge >= 0.3 is 0 Å². The van der Waals surface area contributed by atoms with Gasteiger partial charge in [0, 0.05) is 12.4 Å². The lowest BCUT2D eigenvalue weighted by atomic mass is 10.1. The van der Waals surface area contributed by atoms with Gasteiger partial charge in [0.15, 0.2) is 11.5 Å². The Balaban J connectivity index is 1.75. The van der Waals surface area contributed by atoms with Crippen LogP contribution in [-0.2, 0) is 0 Å². The molecule has 7 heteroatoms. The van der Waals surface area contributed by atoms with Crippen molar-refractivity contribution in [3.63, 3.8) is 0 Å². The number of anilines is 1. The van der Waals surface area contributed by atoms with E-state index in [1.807, 2.05) is 24.3 Å². The van der Waals surface area contributed by atoms with E-state index in [4.69, 9.17) is 0 Å². The number of para-hydroxylation sites is 1. The minimum Gasteiger partial charge on any atom is -0.268 e. The molecule has 0 atom stereocenters. The topological polar surface area (TPSA) is 81.0 Å². The van der Waals surface area contributed by atoms with E-state index in [2.05, 4.69) is 15.1 Å². The van der Waals surface area contributed by atoms with Crippen LogP contribution in [0.1, 0.15) is 26.4 Å². The molecule has 0 radical (unpaired) electrons. The number of carbonyl (C=O) groups excluding carboxylic acids is 2. The van der Waals surface area contributed by atoms with Crippen LogP contribution in [0.3, 0.4) is 0 Å². The molecular weight excluding hydrogens is 342 g/mol. The minimum atomic E-state index is -0.374. The first kappa shape index (κ1) is 15.4. The summed E-state index contributed by atoms with van der Waals surface area (Å²) in [5.74, 6) is -0.141. The number of benzene rings is 1. The molecule has 0 N–H and O–H groups in total. The molecule has 0 spiro atoms. The minimum absolute atomic E-state index is 0.292. The number of fused-ring (bicyclic) bond motifs is 3. The molecule has 1 aliphatic heterocycles. The maximum atomic E-state index is 13.1. The number of amides is 2. The Morgan fingerprint density at radius 1 is 0.889 bits per heavy atom. The van der Waals surface area contributed by atoms with Crippen LogP contribution in [-0.4, -0.2) is 31.6 Å². The number of aryl methyl sites for hydroxylation is 1. The second kappa shape index (κ2) is 5.57. The highest BCUT2D eigenvalue weighted by Gasteiger charge is 2.39. The van der Waals surface area contributed by atoms with Gasteiger partial charge in [0.05, 0.1) is 27.9 Å². The fourth-order valence-corrected chi connectivity index (χ4v) is 3.41. The van der Waals surface area contributed by atoms with Crippen LogP contribution < -0.4 is 4.90 Å². The molecule has 1 aromatic carbocycles. The zero-order valence-corrected chi connectivity index (χ0v) is 14.3. The molecule has 4 aromatic rings. The maximum absolute atomic E-state index is 13.1. The van der Waals surface area contributed by atoms with E-state index < -0.39 is 0 Å². The molecule has 2 amide bonds. The number of carbonyl (C=O) groups is 2. The first-order valence-corrected chi connectivity index (χ1v) is 8.40. The number of hydrogen-bond donors (Lipinski definition) is 0. The molecular formula is C20H13N5O2. The van der Waals surface area contributed by atoms with Crippen molar-refractivity contribution in [3.05, 3.63) is 77.7 Å². The molecule has 0 aliphatic carbocycles. The summed E-state index contributed by atoms with van der Waals surface area (Å²) in [6, 6.07) is 14.4. The highest BCUT2D eigenvalue weighted by Crippen LogP contribution is 2.34. The monoisotopic (exact) mass is 355 g/mol. The number of hydrogen-bond acceptors (Lipinski definition) is 5. The SMILES string of the molecule is Cc1nn(-c2ccccn2)c2ncc3c(c12)C(=O)N(c1ccccc1)C3=O. The Morgan fingerprint density at radius 3 is 2.41 bits per heavy atom. The van der Waals surface area contributed by atoms with Crippen LogP contribution >= 0.6 is 0 Å². The van der Waals surface area contributed by atoms with E-state index in [0.717, 1.165) is 0 Å².